The fraction of sp³-hybridized carbons (Fsp3) is 0.476. The molecule has 0 N–H and O–H groups in total. The van der Waals surface area contributed by atoms with Crippen molar-refractivity contribution in [2.45, 2.75) is 27.2 Å². The van der Waals surface area contributed by atoms with Crippen LogP contribution in [0.4, 0.5) is 4.79 Å². The molecular formula is C21H27BrN4O3. The van der Waals surface area contributed by atoms with E-state index in [-0.39, 0.29) is 12.0 Å². The maximum absolute atomic E-state index is 13.1. The van der Waals surface area contributed by atoms with Gasteiger partial charge in [-0.1, -0.05) is 29.8 Å². The molecule has 2 amide bonds. The molecule has 8 heteroatoms. The Morgan fingerprint density at radius 2 is 1.76 bits per heavy atom. The first-order chi connectivity index (χ1) is 13.9. The highest BCUT2D eigenvalue weighted by molar-refractivity contribution is 9.10. The van der Waals surface area contributed by atoms with Crippen LogP contribution in [0.3, 0.4) is 0 Å². The van der Waals surface area contributed by atoms with E-state index in [0.717, 1.165) is 22.3 Å². The number of benzene rings is 1. The first kappa shape index (κ1) is 21.4. The molecule has 29 heavy (non-hydrogen) atoms. The largest absolute Gasteiger partial charge is 0.449 e. The molecular weight excluding hydrogens is 436 g/mol. The highest BCUT2D eigenvalue weighted by atomic mass is 79.9. The number of carbonyl (C=O) groups is 2. The number of nitrogens with zero attached hydrogens (tertiary/aromatic N) is 4. The van der Waals surface area contributed by atoms with Gasteiger partial charge >= 0.3 is 6.09 Å². The molecule has 2 aromatic rings. The average Bonchev–Trinajstić information content (AvgIpc) is 2.91. The van der Waals surface area contributed by atoms with Gasteiger partial charge in [-0.15, -0.1) is 0 Å². The lowest BCUT2D eigenvalue weighted by atomic mass is 10.2. The highest BCUT2D eigenvalue weighted by Gasteiger charge is 2.26. The fourth-order valence-electron chi connectivity index (χ4n) is 3.26. The molecule has 1 fully saturated rings. The predicted molar refractivity (Wildman–Crippen MR) is 114 cm³/mol. The quantitative estimate of drug-likeness (QED) is 0.690. The number of ether oxygens (including phenoxy) is 1. The maximum Gasteiger partial charge on any atom is 0.409 e. The van der Waals surface area contributed by atoms with Gasteiger partial charge in [-0.05, 0) is 43.5 Å². The van der Waals surface area contributed by atoms with Crippen LogP contribution in [0.25, 0.3) is 5.69 Å². The fourth-order valence-corrected chi connectivity index (χ4v) is 3.53. The minimum absolute atomic E-state index is 0.0525. The van der Waals surface area contributed by atoms with Crippen molar-refractivity contribution < 1.29 is 14.3 Å². The summed E-state index contributed by atoms with van der Waals surface area (Å²) in [5, 5.41) is 4.41. The molecule has 0 bridgehead atoms. The normalized spacial score (nSPS) is 14.8. The number of hydrogen-bond donors (Lipinski definition) is 0. The zero-order valence-electron chi connectivity index (χ0n) is 17.1. The number of rotatable bonds is 4. The summed E-state index contributed by atoms with van der Waals surface area (Å²) in [6.45, 7) is 8.48. The lowest BCUT2D eigenvalue weighted by Gasteiger charge is -2.22. The number of amides is 2. The van der Waals surface area contributed by atoms with Crippen LogP contribution in [0, 0.1) is 12.8 Å². The summed E-state index contributed by atoms with van der Waals surface area (Å²) in [5.41, 5.74) is 2.29. The molecule has 2 heterocycles. The van der Waals surface area contributed by atoms with E-state index in [1.54, 1.807) is 20.7 Å². The van der Waals surface area contributed by atoms with Crippen molar-refractivity contribution in [1.29, 1.82) is 0 Å². The molecule has 0 atom stereocenters. The van der Waals surface area contributed by atoms with Crippen molar-refractivity contribution in [2.75, 3.05) is 32.8 Å². The smallest absolute Gasteiger partial charge is 0.409 e. The second-order valence-corrected chi connectivity index (χ2v) is 8.55. The Kier molecular flexibility index (Phi) is 6.95. The Morgan fingerprint density at radius 1 is 1.10 bits per heavy atom. The molecule has 0 unspecified atom stereocenters. The lowest BCUT2D eigenvalue weighted by molar-refractivity contribution is 0.0745. The molecule has 3 rings (SSSR count). The molecule has 0 radical (unpaired) electrons. The molecule has 0 spiro atoms. The van der Waals surface area contributed by atoms with E-state index >= 15 is 0 Å². The van der Waals surface area contributed by atoms with Gasteiger partial charge in [0.05, 0.1) is 29.7 Å². The number of hydrogen-bond acceptors (Lipinski definition) is 4. The van der Waals surface area contributed by atoms with Crippen LogP contribution < -0.4 is 0 Å². The monoisotopic (exact) mass is 462 g/mol. The summed E-state index contributed by atoms with van der Waals surface area (Å²) in [4.78, 5) is 28.8. The van der Waals surface area contributed by atoms with Crippen molar-refractivity contribution in [1.82, 2.24) is 19.6 Å². The molecule has 7 nitrogen and oxygen atoms in total. The molecule has 156 valence electrons. The number of carbonyl (C=O) groups excluding carboxylic acids is 2. The van der Waals surface area contributed by atoms with Crippen LogP contribution in [0.2, 0.25) is 0 Å². The Morgan fingerprint density at radius 3 is 2.45 bits per heavy atom. The minimum Gasteiger partial charge on any atom is -0.449 e. The molecule has 1 aliphatic rings. The molecule has 1 aromatic heterocycles. The van der Waals surface area contributed by atoms with Gasteiger partial charge in [0.2, 0.25) is 0 Å². The minimum atomic E-state index is -0.299. The van der Waals surface area contributed by atoms with Crippen LogP contribution in [-0.4, -0.2) is 64.4 Å². The van der Waals surface area contributed by atoms with Crippen LogP contribution >= 0.6 is 15.9 Å². The van der Waals surface area contributed by atoms with Gasteiger partial charge in [-0.25, -0.2) is 9.48 Å². The zero-order chi connectivity index (χ0) is 21.0. The van der Waals surface area contributed by atoms with Crippen LogP contribution in [0.15, 0.2) is 34.9 Å². The van der Waals surface area contributed by atoms with E-state index in [4.69, 9.17) is 4.74 Å². The average molecular weight is 463 g/mol. The van der Waals surface area contributed by atoms with E-state index in [1.807, 2.05) is 45.0 Å². The Labute approximate surface area is 179 Å². The van der Waals surface area contributed by atoms with Crippen molar-refractivity contribution in [3.05, 3.63) is 46.2 Å². The van der Waals surface area contributed by atoms with E-state index < -0.39 is 0 Å². The van der Waals surface area contributed by atoms with Gasteiger partial charge in [0.1, 0.15) is 0 Å². The van der Waals surface area contributed by atoms with Gasteiger partial charge in [0.25, 0.3) is 5.91 Å². The standard InChI is InChI=1S/C21H27BrN4O3/c1-15(2)14-29-21(28)25-10-4-9-24(11-12-25)20(27)19-13-23-26(16(19)3)18-7-5-17(22)6-8-18/h5-8,13,15H,4,9-12,14H2,1-3H3. The van der Waals surface area contributed by atoms with E-state index in [1.165, 1.54) is 0 Å². The molecule has 0 aliphatic carbocycles. The zero-order valence-corrected chi connectivity index (χ0v) is 18.7. The summed E-state index contributed by atoms with van der Waals surface area (Å²) in [7, 11) is 0. The van der Waals surface area contributed by atoms with Gasteiger partial charge < -0.3 is 14.5 Å². The Hall–Kier alpha value is -2.35. The van der Waals surface area contributed by atoms with Crippen LogP contribution in [-0.2, 0) is 4.74 Å². The maximum atomic E-state index is 13.1. The second-order valence-electron chi connectivity index (χ2n) is 7.64. The van der Waals surface area contributed by atoms with E-state index in [9.17, 15) is 9.59 Å². The van der Waals surface area contributed by atoms with Crippen molar-refractivity contribution in [3.63, 3.8) is 0 Å². The Bertz CT molecular complexity index is 863. The lowest BCUT2D eigenvalue weighted by Crippen LogP contribution is -2.38. The third-order valence-electron chi connectivity index (χ3n) is 4.89. The van der Waals surface area contributed by atoms with Crippen molar-refractivity contribution in [2.24, 2.45) is 5.92 Å². The number of halogens is 1. The van der Waals surface area contributed by atoms with Gasteiger partial charge in [0, 0.05) is 30.7 Å². The summed E-state index contributed by atoms with van der Waals surface area (Å²) in [5.74, 6) is 0.248. The van der Waals surface area contributed by atoms with Crippen molar-refractivity contribution >= 4 is 27.9 Å². The Balaban J connectivity index is 1.67. The van der Waals surface area contributed by atoms with Crippen LogP contribution in [0.5, 0.6) is 0 Å². The molecule has 1 aromatic carbocycles. The van der Waals surface area contributed by atoms with E-state index in [0.29, 0.717) is 44.3 Å². The highest BCUT2D eigenvalue weighted by Crippen LogP contribution is 2.19. The van der Waals surface area contributed by atoms with Gasteiger partial charge in [-0.3, -0.25) is 4.79 Å². The predicted octanol–water partition coefficient (Wildman–Crippen LogP) is 3.88. The number of aromatic nitrogens is 2. The summed E-state index contributed by atoms with van der Waals surface area (Å²) < 4.78 is 8.09. The topological polar surface area (TPSA) is 67.7 Å². The second kappa shape index (κ2) is 9.43. The van der Waals surface area contributed by atoms with Gasteiger partial charge in [0.15, 0.2) is 0 Å². The first-order valence-corrected chi connectivity index (χ1v) is 10.7. The summed E-state index contributed by atoms with van der Waals surface area (Å²) >= 11 is 3.43. The first-order valence-electron chi connectivity index (χ1n) is 9.88. The van der Waals surface area contributed by atoms with Crippen LogP contribution in [0.1, 0.15) is 36.3 Å². The van der Waals surface area contributed by atoms with Crippen molar-refractivity contribution in [3.8, 4) is 5.69 Å². The summed E-state index contributed by atoms with van der Waals surface area (Å²) in [6, 6.07) is 7.79. The molecule has 0 saturated carbocycles. The van der Waals surface area contributed by atoms with Gasteiger partial charge in [-0.2, -0.15) is 5.10 Å². The SMILES string of the molecule is Cc1c(C(=O)N2CCCN(C(=O)OCC(C)C)CC2)cnn1-c1ccc(Br)cc1. The summed E-state index contributed by atoms with van der Waals surface area (Å²) in [6.07, 6.45) is 2.05. The third-order valence-corrected chi connectivity index (χ3v) is 5.42. The molecule has 1 saturated heterocycles. The van der Waals surface area contributed by atoms with E-state index in [2.05, 4.69) is 21.0 Å². The molecule has 1 aliphatic heterocycles. The third kappa shape index (κ3) is 5.18.